The zero-order valence-electron chi connectivity index (χ0n) is 11.1. The summed E-state index contributed by atoms with van der Waals surface area (Å²) in [4.78, 5) is 13.3. The van der Waals surface area contributed by atoms with Gasteiger partial charge in [-0.05, 0) is 6.07 Å². The lowest BCUT2D eigenvalue weighted by molar-refractivity contribution is 0.213. The van der Waals surface area contributed by atoms with E-state index >= 15 is 0 Å². The van der Waals surface area contributed by atoms with Crippen molar-refractivity contribution in [2.75, 3.05) is 20.4 Å². The van der Waals surface area contributed by atoms with Crippen LogP contribution in [0.25, 0.3) is 0 Å². The predicted molar refractivity (Wildman–Crippen MR) is 67.7 cm³/mol. The first-order valence-electron chi connectivity index (χ1n) is 5.30. The Bertz CT molecular complexity index is 458. The Kier molecular flexibility index (Phi) is 3.76. The Morgan fingerprint density at radius 3 is 2.29 bits per heavy atom. The van der Waals surface area contributed by atoms with Gasteiger partial charge in [-0.15, -0.1) is 0 Å². The molecule has 96 valence electrons. The summed E-state index contributed by atoms with van der Waals surface area (Å²) in [6.45, 7) is 6.01. The largest absolute Gasteiger partial charge is 0.345 e. The number of amides is 1. The molecule has 0 radical (unpaired) electrons. The molecule has 1 amide bonds. The van der Waals surface area contributed by atoms with Crippen LogP contribution in [0.3, 0.4) is 0 Å². The van der Waals surface area contributed by atoms with Gasteiger partial charge in [0.1, 0.15) is 5.03 Å². The fourth-order valence-corrected chi connectivity index (χ4v) is 1.90. The van der Waals surface area contributed by atoms with E-state index in [-0.39, 0.29) is 11.4 Å². The molecule has 0 aliphatic rings. The molecule has 0 spiro atoms. The van der Waals surface area contributed by atoms with Gasteiger partial charge in [-0.2, -0.15) is 9.78 Å². The fraction of sp³-hybridized carbons (Fsp3) is 0.636. The highest BCUT2D eigenvalue weighted by molar-refractivity contribution is 7.84. The van der Waals surface area contributed by atoms with Gasteiger partial charge in [0.2, 0.25) is 0 Å². The number of nitrogens with zero attached hydrogens (tertiary/aromatic N) is 3. The van der Waals surface area contributed by atoms with Crippen LogP contribution in [0.2, 0.25) is 0 Å². The van der Waals surface area contributed by atoms with Gasteiger partial charge in [-0.3, -0.25) is 4.21 Å². The van der Waals surface area contributed by atoms with Crippen molar-refractivity contribution < 1.29 is 9.00 Å². The number of rotatable bonds is 1. The van der Waals surface area contributed by atoms with Gasteiger partial charge in [-0.1, -0.05) is 20.8 Å². The van der Waals surface area contributed by atoms with Crippen LogP contribution in [0.5, 0.6) is 0 Å². The third-order valence-electron chi connectivity index (χ3n) is 2.30. The maximum absolute atomic E-state index is 11.9. The second-order valence-electron chi connectivity index (χ2n) is 5.16. The Hall–Kier alpha value is -1.17. The van der Waals surface area contributed by atoms with Crippen molar-refractivity contribution in [2.24, 2.45) is 0 Å². The number of carbonyl (C=O) groups excluding carboxylic acids is 1. The summed E-state index contributed by atoms with van der Waals surface area (Å²) in [5, 5.41) is 4.69. The van der Waals surface area contributed by atoms with Gasteiger partial charge in [0.25, 0.3) is 0 Å². The molecular weight excluding hydrogens is 238 g/mol. The Morgan fingerprint density at radius 1 is 1.41 bits per heavy atom. The third kappa shape index (κ3) is 2.94. The molecule has 0 fully saturated rings. The molecule has 0 aliphatic carbocycles. The van der Waals surface area contributed by atoms with Crippen LogP contribution in [-0.2, 0) is 16.2 Å². The minimum Gasteiger partial charge on any atom is -0.329 e. The van der Waals surface area contributed by atoms with E-state index in [0.717, 1.165) is 5.69 Å². The average molecular weight is 257 g/mol. The van der Waals surface area contributed by atoms with Crippen LogP contribution in [0.4, 0.5) is 4.79 Å². The van der Waals surface area contributed by atoms with Crippen molar-refractivity contribution in [3.05, 3.63) is 11.8 Å². The molecule has 1 atom stereocenters. The molecule has 1 unspecified atom stereocenters. The zero-order valence-corrected chi connectivity index (χ0v) is 12.0. The van der Waals surface area contributed by atoms with E-state index in [9.17, 15) is 9.00 Å². The SMILES string of the molecule is CN(C)C(=O)n1nc(C(C)(C)C)cc1S(C)=O. The molecule has 5 nitrogen and oxygen atoms in total. The quantitative estimate of drug-likeness (QED) is 0.765. The van der Waals surface area contributed by atoms with E-state index in [1.54, 1.807) is 26.4 Å². The maximum Gasteiger partial charge on any atom is 0.345 e. The predicted octanol–water partition coefficient (Wildman–Crippen LogP) is 1.45. The van der Waals surface area contributed by atoms with E-state index in [2.05, 4.69) is 5.10 Å². The van der Waals surface area contributed by atoms with E-state index in [1.165, 1.54) is 9.58 Å². The van der Waals surface area contributed by atoms with Gasteiger partial charge in [-0.25, -0.2) is 4.79 Å². The summed E-state index contributed by atoms with van der Waals surface area (Å²) >= 11 is 0. The Labute approximate surface area is 104 Å². The lowest BCUT2D eigenvalue weighted by Crippen LogP contribution is -2.30. The topological polar surface area (TPSA) is 55.2 Å². The molecule has 17 heavy (non-hydrogen) atoms. The number of hydrogen-bond acceptors (Lipinski definition) is 3. The van der Waals surface area contributed by atoms with Crippen molar-refractivity contribution in [3.8, 4) is 0 Å². The Balaban J connectivity index is 3.34. The zero-order chi connectivity index (χ0) is 13.4. The maximum atomic E-state index is 11.9. The summed E-state index contributed by atoms with van der Waals surface area (Å²) < 4.78 is 12.8. The van der Waals surface area contributed by atoms with Crippen molar-refractivity contribution in [1.29, 1.82) is 0 Å². The van der Waals surface area contributed by atoms with Crippen LogP contribution >= 0.6 is 0 Å². The van der Waals surface area contributed by atoms with Gasteiger partial charge in [0, 0.05) is 25.8 Å². The van der Waals surface area contributed by atoms with Crippen LogP contribution in [0.1, 0.15) is 26.5 Å². The van der Waals surface area contributed by atoms with E-state index in [4.69, 9.17) is 0 Å². The minimum absolute atomic E-state index is 0.175. The standard InChI is InChI=1S/C11H19N3O2S/c1-11(2,3)8-7-9(17(6)16)14(12-8)10(15)13(4)5/h7H,1-6H3. The van der Waals surface area contributed by atoms with Gasteiger partial charge < -0.3 is 4.90 Å². The monoisotopic (exact) mass is 257 g/mol. The molecule has 1 heterocycles. The molecule has 0 bridgehead atoms. The number of hydrogen-bond donors (Lipinski definition) is 0. The highest BCUT2D eigenvalue weighted by atomic mass is 32.2. The van der Waals surface area contributed by atoms with Crippen LogP contribution < -0.4 is 0 Å². The van der Waals surface area contributed by atoms with Crippen molar-refractivity contribution >= 4 is 16.8 Å². The van der Waals surface area contributed by atoms with E-state index in [1.807, 2.05) is 20.8 Å². The molecule has 0 saturated heterocycles. The lowest BCUT2D eigenvalue weighted by atomic mass is 9.93. The first-order valence-corrected chi connectivity index (χ1v) is 6.86. The van der Waals surface area contributed by atoms with Crippen molar-refractivity contribution in [1.82, 2.24) is 14.7 Å². The van der Waals surface area contributed by atoms with Gasteiger partial charge in [0.05, 0.1) is 16.5 Å². The van der Waals surface area contributed by atoms with Crippen molar-refractivity contribution in [2.45, 2.75) is 31.2 Å². The van der Waals surface area contributed by atoms with E-state index < -0.39 is 10.8 Å². The molecule has 0 N–H and O–H groups in total. The summed E-state index contributed by atoms with van der Waals surface area (Å²) in [6, 6.07) is 1.45. The molecule has 6 heteroatoms. The summed E-state index contributed by atoms with van der Waals surface area (Å²) in [5.74, 6) is 0. The molecule has 1 rings (SSSR count). The molecule has 0 aliphatic heterocycles. The second kappa shape index (κ2) is 4.60. The first-order chi connectivity index (χ1) is 7.64. The second-order valence-corrected chi connectivity index (χ2v) is 6.49. The summed E-state index contributed by atoms with van der Waals surface area (Å²) in [7, 11) is 2.05. The van der Waals surface area contributed by atoms with Gasteiger partial charge >= 0.3 is 6.03 Å². The van der Waals surface area contributed by atoms with E-state index in [0.29, 0.717) is 5.03 Å². The molecular formula is C11H19N3O2S. The summed E-state index contributed by atoms with van der Waals surface area (Å²) in [5.41, 5.74) is 0.587. The fourth-order valence-electron chi connectivity index (χ4n) is 1.26. The number of carbonyl (C=O) groups is 1. The molecule has 1 aromatic heterocycles. The van der Waals surface area contributed by atoms with Gasteiger partial charge in [0.15, 0.2) is 0 Å². The van der Waals surface area contributed by atoms with Crippen LogP contribution in [-0.4, -0.2) is 45.3 Å². The lowest BCUT2D eigenvalue weighted by Gasteiger charge is -2.14. The third-order valence-corrected chi connectivity index (χ3v) is 3.18. The highest BCUT2D eigenvalue weighted by Gasteiger charge is 2.24. The first kappa shape index (κ1) is 13.9. The average Bonchev–Trinajstić information content (AvgIpc) is 2.59. The Morgan fingerprint density at radius 2 is 1.94 bits per heavy atom. The van der Waals surface area contributed by atoms with Crippen molar-refractivity contribution in [3.63, 3.8) is 0 Å². The smallest absolute Gasteiger partial charge is 0.329 e. The molecule has 0 aromatic carbocycles. The minimum atomic E-state index is -1.24. The number of aromatic nitrogens is 2. The normalized spacial score (nSPS) is 13.5. The molecule has 1 aromatic rings. The van der Waals surface area contributed by atoms with Crippen LogP contribution in [0, 0.1) is 0 Å². The molecule has 0 saturated carbocycles. The summed E-state index contributed by atoms with van der Waals surface area (Å²) in [6.07, 6.45) is 1.54. The highest BCUT2D eigenvalue weighted by Crippen LogP contribution is 2.23. The van der Waals surface area contributed by atoms with Crippen LogP contribution in [0.15, 0.2) is 11.1 Å².